The number of nitrogens with two attached hydrogens (primary N) is 1. The molecule has 39 heavy (non-hydrogen) atoms. The number of aryl methyl sites for hydroxylation is 2. The van der Waals surface area contributed by atoms with Crippen LogP contribution in [0.25, 0.3) is 0 Å². The molecule has 0 radical (unpaired) electrons. The Hall–Kier alpha value is -3.08. The zero-order valence-corrected chi connectivity index (χ0v) is 22.8. The number of anilines is 3. The minimum Gasteiger partial charge on any atom is -0.495 e. The Morgan fingerprint density at radius 2 is 1.90 bits per heavy atom. The predicted octanol–water partition coefficient (Wildman–Crippen LogP) is 3.91. The summed E-state index contributed by atoms with van der Waals surface area (Å²) in [7, 11) is 1.68. The van der Waals surface area contributed by atoms with Crippen molar-refractivity contribution >= 4 is 35.1 Å². The number of ether oxygens (including phenoxy) is 3. The van der Waals surface area contributed by atoms with Crippen LogP contribution in [0.5, 0.6) is 5.75 Å². The fraction of sp³-hybridized carbons (Fsp3) is 0.536. The molecule has 4 aliphatic rings. The number of halogens is 1. The number of carbonyl (C=O) groups is 1. The van der Waals surface area contributed by atoms with Gasteiger partial charge in [0.2, 0.25) is 5.95 Å². The second kappa shape index (κ2) is 11.2. The maximum Gasteiger partial charge on any atom is 0.404 e. The van der Waals surface area contributed by atoms with Gasteiger partial charge in [-0.25, -0.2) is 9.78 Å². The Morgan fingerprint density at radius 3 is 2.64 bits per heavy atom. The molecule has 1 saturated heterocycles. The van der Waals surface area contributed by atoms with Crippen LogP contribution >= 0.6 is 11.6 Å². The largest absolute Gasteiger partial charge is 0.495 e. The Kier molecular flexibility index (Phi) is 7.51. The van der Waals surface area contributed by atoms with Crippen LogP contribution < -0.4 is 21.1 Å². The zero-order valence-electron chi connectivity index (χ0n) is 22.1. The molecule has 1 amide bonds. The first-order valence-electron chi connectivity index (χ1n) is 13.7. The van der Waals surface area contributed by atoms with Gasteiger partial charge < -0.3 is 30.6 Å². The zero-order chi connectivity index (χ0) is 26.9. The molecule has 0 spiro atoms. The number of nitrogens with one attached hydrogen (secondary N) is 2. The minimum atomic E-state index is -0.782. The number of amides is 1. The molecule has 4 N–H and O–H groups in total. The molecule has 1 unspecified atom stereocenters. The van der Waals surface area contributed by atoms with E-state index in [1.54, 1.807) is 13.3 Å². The van der Waals surface area contributed by atoms with Crippen LogP contribution in [0.3, 0.4) is 0 Å². The Morgan fingerprint density at radius 1 is 1.15 bits per heavy atom. The van der Waals surface area contributed by atoms with E-state index < -0.39 is 6.09 Å². The second-order valence-electron chi connectivity index (χ2n) is 10.7. The maximum absolute atomic E-state index is 11.5. The normalized spacial score (nSPS) is 28.0. The Bertz CT molecular complexity index is 1250. The van der Waals surface area contributed by atoms with E-state index in [0.717, 1.165) is 69.8 Å². The molecule has 1 aromatic carbocycles. The van der Waals surface area contributed by atoms with Crippen LogP contribution in [-0.4, -0.2) is 72.6 Å². The summed E-state index contributed by atoms with van der Waals surface area (Å²) in [6, 6.07) is 4.70. The molecule has 1 aromatic heterocycles. The lowest BCUT2D eigenvalue weighted by Gasteiger charge is -2.33. The predicted molar refractivity (Wildman–Crippen MR) is 149 cm³/mol. The molecule has 10 nitrogen and oxygen atoms in total. The van der Waals surface area contributed by atoms with Gasteiger partial charge in [-0.1, -0.05) is 23.8 Å². The van der Waals surface area contributed by atoms with E-state index in [1.165, 1.54) is 11.1 Å². The third-order valence-corrected chi connectivity index (χ3v) is 8.79. The van der Waals surface area contributed by atoms with Crippen molar-refractivity contribution < 1.29 is 19.0 Å². The van der Waals surface area contributed by atoms with Crippen LogP contribution in [-0.2, 0) is 22.3 Å². The highest BCUT2D eigenvalue weighted by molar-refractivity contribution is 6.32. The van der Waals surface area contributed by atoms with Gasteiger partial charge in [-0.2, -0.15) is 4.98 Å². The van der Waals surface area contributed by atoms with Gasteiger partial charge >= 0.3 is 6.09 Å². The number of primary amides is 1. The molecule has 2 aromatic rings. The van der Waals surface area contributed by atoms with E-state index in [1.807, 2.05) is 0 Å². The van der Waals surface area contributed by atoms with E-state index in [4.69, 9.17) is 31.5 Å². The number of methoxy groups -OCH3 is 1. The summed E-state index contributed by atoms with van der Waals surface area (Å²) < 4.78 is 16.7. The van der Waals surface area contributed by atoms with Gasteiger partial charge in [0.15, 0.2) is 5.82 Å². The standard InChI is InChI=1S/C28H35ClN6O4/c1-37-23-14-17-5-7-20(35-8-10-38-11-9-35)6-4-16(17)13-22(23)32-28-31-15-21(29)26(34-28)33-24-18-2-3-19(12-18)25(24)39-27(30)36/h2-3,13-15,18-20,24-25H,4-12H2,1H3,(H2,30,36)(H2,31,32,33,34)/t18-,19+,20?,24+,25-/m0/s1. The number of hydrogen-bond acceptors (Lipinski definition) is 9. The molecule has 5 atom stereocenters. The summed E-state index contributed by atoms with van der Waals surface area (Å²) in [5.41, 5.74) is 8.80. The first-order chi connectivity index (χ1) is 19.0. The van der Waals surface area contributed by atoms with E-state index in [2.05, 4.69) is 49.8 Å². The van der Waals surface area contributed by atoms with Crippen molar-refractivity contribution in [2.45, 2.75) is 50.3 Å². The third kappa shape index (κ3) is 5.50. The molecule has 6 rings (SSSR count). The van der Waals surface area contributed by atoms with Crippen molar-refractivity contribution in [2.75, 3.05) is 44.0 Å². The smallest absolute Gasteiger partial charge is 0.404 e. The number of benzene rings is 1. The number of hydrogen-bond donors (Lipinski definition) is 3. The van der Waals surface area contributed by atoms with Crippen LogP contribution in [0, 0.1) is 11.8 Å². The monoisotopic (exact) mass is 554 g/mol. The average Bonchev–Trinajstić information content (AvgIpc) is 3.47. The molecule has 1 aliphatic heterocycles. The van der Waals surface area contributed by atoms with Crippen LogP contribution in [0.4, 0.5) is 22.2 Å². The van der Waals surface area contributed by atoms with E-state index >= 15 is 0 Å². The second-order valence-corrected chi connectivity index (χ2v) is 11.1. The number of rotatable bonds is 7. The summed E-state index contributed by atoms with van der Waals surface area (Å²) in [5, 5.41) is 7.12. The number of fused-ring (bicyclic) bond motifs is 3. The molecule has 2 fully saturated rings. The maximum atomic E-state index is 11.5. The highest BCUT2D eigenvalue weighted by Crippen LogP contribution is 2.43. The first kappa shape index (κ1) is 26.2. The first-order valence-corrected chi connectivity index (χ1v) is 14.1. The van der Waals surface area contributed by atoms with E-state index in [0.29, 0.717) is 22.8 Å². The number of carbonyl (C=O) groups excluding carboxylic acids is 1. The fourth-order valence-corrected chi connectivity index (χ4v) is 6.71. The van der Waals surface area contributed by atoms with Gasteiger partial charge in [0.05, 0.1) is 38.2 Å². The Balaban J connectivity index is 1.19. The van der Waals surface area contributed by atoms with Crippen LogP contribution in [0.15, 0.2) is 30.5 Å². The summed E-state index contributed by atoms with van der Waals surface area (Å²) in [5.74, 6) is 1.95. The third-order valence-electron chi connectivity index (χ3n) is 8.51. The SMILES string of the molecule is COc1cc2c(cc1Nc1ncc(Cl)c(N[C@H]3[C@@H](OC(N)=O)[C@@H]4C=C[C@H]3C4)n1)CCC(N1CCOCC1)CC2. The summed E-state index contributed by atoms with van der Waals surface area (Å²) in [4.78, 5) is 23.2. The van der Waals surface area contributed by atoms with Crippen molar-refractivity contribution in [2.24, 2.45) is 17.6 Å². The number of nitrogens with zero attached hydrogens (tertiary/aromatic N) is 3. The van der Waals surface area contributed by atoms with Gasteiger partial charge in [0.25, 0.3) is 0 Å². The summed E-state index contributed by atoms with van der Waals surface area (Å²) in [6.45, 7) is 3.66. The highest BCUT2D eigenvalue weighted by atomic mass is 35.5. The molecule has 11 heteroatoms. The lowest BCUT2D eigenvalue weighted by molar-refractivity contribution is 0.0136. The van der Waals surface area contributed by atoms with Gasteiger partial charge in [-0.15, -0.1) is 0 Å². The van der Waals surface area contributed by atoms with E-state index in [9.17, 15) is 4.79 Å². The van der Waals surface area contributed by atoms with Crippen molar-refractivity contribution in [1.29, 1.82) is 0 Å². The summed E-state index contributed by atoms with van der Waals surface area (Å²) >= 11 is 6.48. The average molecular weight is 555 g/mol. The topological polar surface area (TPSA) is 124 Å². The molecule has 2 bridgehead atoms. The van der Waals surface area contributed by atoms with Crippen LogP contribution in [0.2, 0.25) is 5.02 Å². The molecule has 2 heterocycles. The molecule has 1 saturated carbocycles. The molecule has 208 valence electrons. The van der Waals surface area contributed by atoms with Crippen molar-refractivity contribution in [3.05, 3.63) is 46.6 Å². The molecular weight excluding hydrogens is 520 g/mol. The Labute approximate surface area is 233 Å². The fourth-order valence-electron chi connectivity index (χ4n) is 6.56. The van der Waals surface area contributed by atoms with Gasteiger partial charge in [-0.05, 0) is 55.4 Å². The number of morpholine rings is 1. The van der Waals surface area contributed by atoms with Gasteiger partial charge in [0, 0.05) is 31.0 Å². The highest BCUT2D eigenvalue weighted by Gasteiger charge is 2.47. The van der Waals surface area contributed by atoms with Crippen LogP contribution in [0.1, 0.15) is 30.4 Å². The minimum absolute atomic E-state index is 0.130. The quantitative estimate of drug-likeness (QED) is 0.345. The molecule has 3 aliphatic carbocycles. The van der Waals surface area contributed by atoms with Crippen molar-refractivity contribution in [3.8, 4) is 5.75 Å². The van der Waals surface area contributed by atoms with E-state index in [-0.39, 0.29) is 24.0 Å². The van der Waals surface area contributed by atoms with Crippen molar-refractivity contribution in [3.63, 3.8) is 0 Å². The number of aromatic nitrogens is 2. The van der Waals surface area contributed by atoms with Gasteiger partial charge in [-0.3, -0.25) is 4.90 Å². The summed E-state index contributed by atoms with van der Waals surface area (Å²) in [6.07, 6.45) is 9.81. The lowest BCUT2D eigenvalue weighted by Crippen LogP contribution is -2.43. The molecular formula is C28H35ClN6O4. The van der Waals surface area contributed by atoms with Crippen molar-refractivity contribution in [1.82, 2.24) is 14.9 Å². The van der Waals surface area contributed by atoms with Gasteiger partial charge in [0.1, 0.15) is 16.9 Å². The lowest BCUT2D eigenvalue weighted by atomic mass is 9.98.